The van der Waals surface area contributed by atoms with Crippen LogP contribution in [0.4, 0.5) is 4.39 Å². The second-order valence-electron chi connectivity index (χ2n) is 9.99. The van der Waals surface area contributed by atoms with E-state index in [0.717, 1.165) is 24.2 Å². The largest absolute Gasteiger partial charge is 0.454 e. The average Bonchev–Trinajstić information content (AvgIpc) is 3.58. The number of hydrazone groups is 1. The first kappa shape index (κ1) is 26.1. The summed E-state index contributed by atoms with van der Waals surface area (Å²) in [4.78, 5) is 30.7. The third kappa shape index (κ3) is 5.81. The van der Waals surface area contributed by atoms with Gasteiger partial charge in [-0.05, 0) is 35.4 Å². The summed E-state index contributed by atoms with van der Waals surface area (Å²) in [5.41, 5.74) is 2.27. The van der Waals surface area contributed by atoms with Gasteiger partial charge in [-0.3, -0.25) is 14.5 Å². The molecule has 0 saturated carbocycles. The van der Waals surface area contributed by atoms with Gasteiger partial charge in [0.25, 0.3) is 5.91 Å². The second kappa shape index (κ2) is 11.5. The van der Waals surface area contributed by atoms with E-state index in [1.165, 1.54) is 17.1 Å². The van der Waals surface area contributed by atoms with Gasteiger partial charge in [0, 0.05) is 38.5 Å². The van der Waals surface area contributed by atoms with E-state index in [1.54, 1.807) is 17.0 Å². The van der Waals surface area contributed by atoms with E-state index in [0.29, 0.717) is 49.9 Å². The zero-order valence-corrected chi connectivity index (χ0v) is 21.8. The fourth-order valence-corrected chi connectivity index (χ4v) is 4.89. The molecule has 3 heterocycles. The number of benzene rings is 2. The molecule has 38 heavy (non-hydrogen) atoms. The van der Waals surface area contributed by atoms with Crippen molar-refractivity contribution in [2.45, 2.75) is 26.3 Å². The normalized spacial score (nSPS) is 19.1. The third-order valence-corrected chi connectivity index (χ3v) is 7.05. The van der Waals surface area contributed by atoms with Crippen LogP contribution in [0.2, 0.25) is 0 Å². The number of halogens is 1. The molecule has 0 radical (unpaired) electrons. The lowest BCUT2D eigenvalue weighted by Gasteiger charge is -2.31. The summed E-state index contributed by atoms with van der Waals surface area (Å²) >= 11 is 0. The Kier molecular flexibility index (Phi) is 7.90. The molecule has 10 heteroatoms. The number of nitrogens with zero attached hydrogens (tertiary/aromatic N) is 4. The second-order valence-corrected chi connectivity index (χ2v) is 9.99. The molecule has 0 bridgehead atoms. The van der Waals surface area contributed by atoms with Crippen molar-refractivity contribution < 1.29 is 28.2 Å². The summed E-state index contributed by atoms with van der Waals surface area (Å²) in [6, 6.07) is 11.3. The van der Waals surface area contributed by atoms with Crippen molar-refractivity contribution >= 4 is 17.5 Å². The number of fused-ring (bicyclic) bond motifs is 1. The van der Waals surface area contributed by atoms with Crippen molar-refractivity contribution in [2.75, 3.05) is 52.7 Å². The molecule has 3 aliphatic heterocycles. The Morgan fingerprint density at radius 3 is 2.55 bits per heavy atom. The van der Waals surface area contributed by atoms with Crippen molar-refractivity contribution in [3.05, 3.63) is 59.4 Å². The lowest BCUT2D eigenvalue weighted by molar-refractivity contribution is -0.143. The first-order valence-electron chi connectivity index (χ1n) is 13.0. The van der Waals surface area contributed by atoms with Gasteiger partial charge in [-0.1, -0.05) is 32.0 Å². The van der Waals surface area contributed by atoms with Gasteiger partial charge in [0.05, 0.1) is 25.0 Å². The number of hydrogen-bond acceptors (Lipinski definition) is 7. The molecule has 1 atom stereocenters. The Balaban J connectivity index is 1.38. The van der Waals surface area contributed by atoms with Crippen LogP contribution in [-0.4, -0.2) is 85.1 Å². The van der Waals surface area contributed by atoms with Gasteiger partial charge in [0.1, 0.15) is 12.4 Å². The van der Waals surface area contributed by atoms with E-state index in [2.05, 4.69) is 10.0 Å². The molecule has 2 aromatic rings. The van der Waals surface area contributed by atoms with Crippen LogP contribution in [0.15, 0.2) is 47.6 Å². The standard InChI is InChI=1S/C28H33FN4O5/c1-19(2)28(35)32(10-9-31-11-13-36-14-12-31)17-27(34)33-24(21-5-8-25-26(15-21)38-18-37-25)16-23(30-33)20-3-6-22(29)7-4-20/h3-8,15,19,24H,9-14,16-18H2,1-2H3/t24-/m1/s1. The van der Waals surface area contributed by atoms with Crippen LogP contribution in [-0.2, 0) is 14.3 Å². The molecular weight excluding hydrogens is 491 g/mol. The van der Waals surface area contributed by atoms with Gasteiger partial charge < -0.3 is 19.1 Å². The molecular formula is C28H33FN4O5. The minimum absolute atomic E-state index is 0.0758. The molecule has 2 amide bonds. The molecule has 5 rings (SSSR count). The number of carbonyl (C=O) groups excluding carboxylic acids is 2. The fourth-order valence-electron chi connectivity index (χ4n) is 4.89. The fraction of sp³-hybridized carbons (Fsp3) is 0.464. The van der Waals surface area contributed by atoms with Crippen LogP contribution in [0.25, 0.3) is 0 Å². The Morgan fingerprint density at radius 2 is 1.82 bits per heavy atom. The lowest BCUT2D eigenvalue weighted by Crippen LogP contribution is -2.47. The van der Waals surface area contributed by atoms with E-state index < -0.39 is 6.04 Å². The molecule has 3 aliphatic rings. The van der Waals surface area contributed by atoms with Gasteiger partial charge in [-0.25, -0.2) is 9.40 Å². The maximum atomic E-state index is 13.8. The summed E-state index contributed by atoms with van der Waals surface area (Å²) in [7, 11) is 0. The van der Waals surface area contributed by atoms with Gasteiger partial charge in [0.2, 0.25) is 12.7 Å². The van der Waals surface area contributed by atoms with E-state index in [4.69, 9.17) is 14.2 Å². The van der Waals surface area contributed by atoms with Crippen molar-refractivity contribution in [3.63, 3.8) is 0 Å². The predicted octanol–water partition coefficient (Wildman–Crippen LogP) is 3.05. The number of amides is 2. The minimum atomic E-state index is -0.396. The van der Waals surface area contributed by atoms with Crippen molar-refractivity contribution in [1.82, 2.24) is 14.8 Å². The summed E-state index contributed by atoms with van der Waals surface area (Å²) in [6.45, 7) is 7.82. The maximum absolute atomic E-state index is 13.8. The Morgan fingerprint density at radius 1 is 1.08 bits per heavy atom. The molecule has 0 aliphatic carbocycles. The topological polar surface area (TPSA) is 83.9 Å². The Labute approximate surface area is 221 Å². The molecule has 0 N–H and O–H groups in total. The summed E-state index contributed by atoms with van der Waals surface area (Å²) in [6.07, 6.45) is 0.447. The van der Waals surface area contributed by atoms with E-state index >= 15 is 0 Å². The maximum Gasteiger partial charge on any atom is 0.262 e. The Hall–Kier alpha value is -3.50. The number of hydrogen-bond donors (Lipinski definition) is 0. The lowest BCUT2D eigenvalue weighted by atomic mass is 9.98. The van der Waals surface area contributed by atoms with Crippen LogP contribution in [0, 0.1) is 11.7 Å². The first-order valence-corrected chi connectivity index (χ1v) is 13.0. The van der Waals surface area contributed by atoms with E-state index in [9.17, 15) is 14.0 Å². The molecule has 0 aromatic heterocycles. The zero-order chi connectivity index (χ0) is 26.6. The Bertz CT molecular complexity index is 1200. The van der Waals surface area contributed by atoms with Crippen molar-refractivity contribution in [3.8, 4) is 11.5 Å². The highest BCUT2D eigenvalue weighted by molar-refractivity contribution is 6.03. The van der Waals surface area contributed by atoms with Gasteiger partial charge in [-0.2, -0.15) is 5.10 Å². The molecule has 0 unspecified atom stereocenters. The highest BCUT2D eigenvalue weighted by atomic mass is 19.1. The van der Waals surface area contributed by atoms with Gasteiger partial charge >= 0.3 is 0 Å². The molecule has 2 aromatic carbocycles. The highest BCUT2D eigenvalue weighted by Crippen LogP contribution is 2.39. The molecule has 202 valence electrons. The quantitative estimate of drug-likeness (QED) is 0.528. The number of carbonyl (C=O) groups is 2. The number of ether oxygens (including phenoxy) is 3. The van der Waals surface area contributed by atoms with Crippen LogP contribution in [0.3, 0.4) is 0 Å². The third-order valence-electron chi connectivity index (χ3n) is 7.05. The van der Waals surface area contributed by atoms with E-state index in [-0.39, 0.29) is 36.9 Å². The van der Waals surface area contributed by atoms with Crippen LogP contribution >= 0.6 is 0 Å². The van der Waals surface area contributed by atoms with Gasteiger partial charge in [0.15, 0.2) is 11.5 Å². The first-order chi connectivity index (χ1) is 18.4. The van der Waals surface area contributed by atoms with Crippen LogP contribution in [0.5, 0.6) is 11.5 Å². The average molecular weight is 525 g/mol. The number of morpholine rings is 1. The monoisotopic (exact) mass is 524 g/mol. The van der Waals surface area contributed by atoms with Crippen LogP contribution < -0.4 is 9.47 Å². The molecule has 9 nitrogen and oxygen atoms in total. The predicted molar refractivity (Wildman–Crippen MR) is 138 cm³/mol. The molecule has 1 fully saturated rings. The summed E-state index contributed by atoms with van der Waals surface area (Å²) in [5.74, 6) is 0.340. The van der Waals surface area contributed by atoms with Gasteiger partial charge in [-0.15, -0.1) is 0 Å². The van der Waals surface area contributed by atoms with E-state index in [1.807, 2.05) is 32.0 Å². The van der Waals surface area contributed by atoms with Crippen molar-refractivity contribution in [2.24, 2.45) is 11.0 Å². The SMILES string of the molecule is CC(C)C(=O)N(CCN1CCOCC1)CC(=O)N1N=C(c2ccc(F)cc2)C[C@@H]1c1ccc2c(c1)OCO2. The molecule has 0 spiro atoms. The summed E-state index contributed by atoms with van der Waals surface area (Å²) < 4.78 is 30.0. The highest BCUT2D eigenvalue weighted by Gasteiger charge is 2.35. The van der Waals surface area contributed by atoms with Crippen molar-refractivity contribution in [1.29, 1.82) is 0 Å². The molecule has 1 saturated heterocycles. The summed E-state index contributed by atoms with van der Waals surface area (Å²) in [5, 5.41) is 6.15. The smallest absolute Gasteiger partial charge is 0.262 e. The minimum Gasteiger partial charge on any atom is -0.454 e. The van der Waals surface area contributed by atoms with Crippen LogP contribution in [0.1, 0.15) is 37.4 Å². The zero-order valence-electron chi connectivity index (χ0n) is 21.8. The number of rotatable bonds is 8.